The van der Waals surface area contributed by atoms with Gasteiger partial charge in [-0.15, -0.1) is 5.73 Å². The molecule has 0 bridgehead atoms. The van der Waals surface area contributed by atoms with E-state index in [1.807, 2.05) is 24.3 Å². The molecule has 0 aliphatic heterocycles. The summed E-state index contributed by atoms with van der Waals surface area (Å²) in [6.07, 6.45) is 2.80. The average molecular weight is 144 g/mol. The van der Waals surface area contributed by atoms with Gasteiger partial charge in [0.1, 0.15) is 12.9 Å². The van der Waals surface area contributed by atoms with E-state index in [1.165, 1.54) is 0 Å². The van der Waals surface area contributed by atoms with Crippen molar-refractivity contribution in [2.24, 2.45) is 0 Å². The molecule has 0 aromatic heterocycles. The molecule has 0 fully saturated rings. The van der Waals surface area contributed by atoms with Crippen molar-refractivity contribution in [2.75, 3.05) is 0 Å². The lowest BCUT2D eigenvalue weighted by Crippen LogP contribution is -1.82. The number of rotatable bonds is 2. The largest absolute Gasteiger partial charge is 0.489 e. The molecular weight excluding hydrogens is 136 g/mol. The van der Waals surface area contributed by atoms with Crippen molar-refractivity contribution in [3.63, 3.8) is 0 Å². The summed E-state index contributed by atoms with van der Waals surface area (Å²) in [4.78, 5) is 0. The molecule has 0 amide bonds. The van der Waals surface area contributed by atoms with E-state index >= 15 is 0 Å². The molecule has 2 radical (unpaired) electrons. The third-order valence-corrected chi connectivity index (χ3v) is 1.27. The van der Waals surface area contributed by atoms with Gasteiger partial charge in [0.2, 0.25) is 0 Å². The third-order valence-electron chi connectivity index (χ3n) is 1.27. The fourth-order valence-corrected chi connectivity index (χ4v) is 0.791. The summed E-state index contributed by atoms with van der Waals surface area (Å²) >= 11 is 0. The SMILES string of the molecule is [CH2]Oc1ccccc1[C]=C=C. The molecule has 1 aromatic rings. The first-order chi connectivity index (χ1) is 5.38. The van der Waals surface area contributed by atoms with Crippen LogP contribution in [0.3, 0.4) is 0 Å². The topological polar surface area (TPSA) is 9.23 Å². The normalized spacial score (nSPS) is 8.45. The Labute approximate surface area is 66.6 Å². The van der Waals surface area contributed by atoms with Crippen LogP contribution >= 0.6 is 0 Å². The van der Waals surface area contributed by atoms with E-state index in [-0.39, 0.29) is 0 Å². The summed E-state index contributed by atoms with van der Waals surface area (Å²) < 4.78 is 4.82. The van der Waals surface area contributed by atoms with E-state index in [4.69, 9.17) is 4.74 Å². The Morgan fingerprint density at radius 1 is 1.27 bits per heavy atom. The first-order valence-electron chi connectivity index (χ1n) is 3.17. The molecule has 1 rings (SSSR count). The van der Waals surface area contributed by atoms with Crippen LogP contribution in [0.1, 0.15) is 5.56 Å². The molecule has 1 nitrogen and oxygen atoms in total. The van der Waals surface area contributed by atoms with E-state index in [1.54, 1.807) is 0 Å². The van der Waals surface area contributed by atoms with E-state index in [2.05, 4.69) is 25.5 Å². The van der Waals surface area contributed by atoms with Crippen molar-refractivity contribution in [2.45, 2.75) is 0 Å². The van der Waals surface area contributed by atoms with Gasteiger partial charge in [0.05, 0.1) is 0 Å². The lowest BCUT2D eigenvalue weighted by Gasteiger charge is -2.00. The Morgan fingerprint density at radius 2 is 2.00 bits per heavy atom. The van der Waals surface area contributed by atoms with E-state index in [9.17, 15) is 0 Å². The molecule has 54 valence electrons. The maximum atomic E-state index is 4.82. The van der Waals surface area contributed by atoms with Crippen molar-refractivity contribution >= 4 is 0 Å². The molecule has 0 aliphatic carbocycles. The zero-order valence-electron chi connectivity index (χ0n) is 6.13. The Morgan fingerprint density at radius 3 is 2.64 bits per heavy atom. The molecule has 0 unspecified atom stereocenters. The number of hydrogen-bond acceptors (Lipinski definition) is 1. The minimum absolute atomic E-state index is 0.684. The summed E-state index contributed by atoms with van der Waals surface area (Å²) in [5.74, 6) is 0.684. The van der Waals surface area contributed by atoms with Crippen LogP contribution in [0.25, 0.3) is 0 Å². The first-order valence-corrected chi connectivity index (χ1v) is 3.17. The van der Waals surface area contributed by atoms with Crippen LogP contribution in [0.15, 0.2) is 36.6 Å². The van der Waals surface area contributed by atoms with Gasteiger partial charge in [-0.25, -0.2) is 0 Å². The Balaban J connectivity index is 3.11. The second-order valence-corrected chi connectivity index (χ2v) is 1.94. The maximum Gasteiger partial charge on any atom is 0.127 e. The molecule has 1 aromatic carbocycles. The van der Waals surface area contributed by atoms with Crippen molar-refractivity contribution in [3.8, 4) is 5.75 Å². The number of ether oxygens (including phenoxy) is 1. The molecule has 0 atom stereocenters. The summed E-state index contributed by atoms with van der Waals surface area (Å²) in [5.41, 5.74) is 3.37. The molecule has 0 aliphatic rings. The lowest BCUT2D eigenvalue weighted by molar-refractivity contribution is 0.470. The summed E-state index contributed by atoms with van der Waals surface area (Å²) in [7, 11) is 3.31. The van der Waals surface area contributed by atoms with Crippen LogP contribution < -0.4 is 4.74 Å². The minimum Gasteiger partial charge on any atom is -0.489 e. The first kappa shape index (κ1) is 7.64. The molecule has 1 heteroatoms. The smallest absolute Gasteiger partial charge is 0.127 e. The standard InChI is InChI=1S/C10H8O/c1-3-6-9-7-4-5-8-10(9)11-2/h4-5,7-8H,1-2H2. The molecule has 0 saturated heterocycles. The second kappa shape index (κ2) is 3.65. The molecule has 0 N–H and O–H groups in total. The highest BCUT2D eigenvalue weighted by molar-refractivity contribution is 5.37. The van der Waals surface area contributed by atoms with Crippen LogP contribution in [-0.4, -0.2) is 0 Å². The van der Waals surface area contributed by atoms with Crippen LogP contribution in [0, 0.1) is 13.2 Å². The van der Waals surface area contributed by atoms with Gasteiger partial charge in [-0.2, -0.15) is 0 Å². The minimum atomic E-state index is 0.684. The van der Waals surface area contributed by atoms with Gasteiger partial charge >= 0.3 is 0 Å². The maximum absolute atomic E-state index is 4.82. The Bertz CT molecular complexity index is 283. The van der Waals surface area contributed by atoms with Crippen molar-refractivity contribution in [1.82, 2.24) is 0 Å². The van der Waals surface area contributed by atoms with Gasteiger partial charge in [-0.05, 0) is 12.1 Å². The predicted molar refractivity (Wildman–Crippen MR) is 43.9 cm³/mol. The fourth-order valence-electron chi connectivity index (χ4n) is 0.791. The van der Waals surface area contributed by atoms with Gasteiger partial charge in [0, 0.05) is 11.6 Å². The molecule has 0 saturated carbocycles. The average Bonchev–Trinajstić information content (AvgIpc) is 2.06. The zero-order valence-corrected chi connectivity index (χ0v) is 6.13. The Hall–Kier alpha value is -1.46. The molecule has 0 heterocycles. The number of para-hydroxylation sites is 1. The number of benzene rings is 1. The molecule has 11 heavy (non-hydrogen) atoms. The highest BCUT2D eigenvalue weighted by Gasteiger charge is 1.95. The van der Waals surface area contributed by atoms with Gasteiger partial charge in [-0.3, -0.25) is 0 Å². The van der Waals surface area contributed by atoms with Crippen LogP contribution in [-0.2, 0) is 0 Å². The highest BCUT2D eigenvalue weighted by atomic mass is 16.5. The van der Waals surface area contributed by atoms with Crippen LogP contribution in [0.4, 0.5) is 0 Å². The van der Waals surface area contributed by atoms with Gasteiger partial charge in [-0.1, -0.05) is 18.7 Å². The third kappa shape index (κ3) is 1.73. The van der Waals surface area contributed by atoms with Crippen molar-refractivity contribution in [3.05, 3.63) is 55.3 Å². The second-order valence-electron chi connectivity index (χ2n) is 1.94. The summed E-state index contributed by atoms with van der Waals surface area (Å²) in [6.45, 7) is 3.42. The predicted octanol–water partition coefficient (Wildman–Crippen LogP) is 2.35. The molecular formula is C10H8O. The fraction of sp³-hybridized carbons (Fsp3) is 0. The molecule has 0 spiro atoms. The van der Waals surface area contributed by atoms with Gasteiger partial charge < -0.3 is 4.74 Å². The lowest BCUT2D eigenvalue weighted by atomic mass is 10.2. The summed E-state index contributed by atoms with van der Waals surface area (Å²) in [5, 5.41) is 0. The highest BCUT2D eigenvalue weighted by Crippen LogP contribution is 2.16. The summed E-state index contributed by atoms with van der Waals surface area (Å²) in [6, 6.07) is 7.43. The quantitative estimate of drug-likeness (QED) is 0.579. The zero-order chi connectivity index (χ0) is 8.10. The van der Waals surface area contributed by atoms with E-state index in [0.717, 1.165) is 5.56 Å². The monoisotopic (exact) mass is 144 g/mol. The van der Waals surface area contributed by atoms with Crippen molar-refractivity contribution in [1.29, 1.82) is 0 Å². The van der Waals surface area contributed by atoms with Crippen LogP contribution in [0.2, 0.25) is 0 Å². The van der Waals surface area contributed by atoms with Gasteiger partial charge in [0.25, 0.3) is 0 Å². The Kier molecular flexibility index (Phi) is 2.53. The van der Waals surface area contributed by atoms with E-state index < -0.39 is 0 Å². The van der Waals surface area contributed by atoms with Crippen molar-refractivity contribution < 1.29 is 4.74 Å². The van der Waals surface area contributed by atoms with Crippen LogP contribution in [0.5, 0.6) is 5.75 Å². The number of hydrogen-bond donors (Lipinski definition) is 0. The van der Waals surface area contributed by atoms with E-state index in [0.29, 0.717) is 5.75 Å². The van der Waals surface area contributed by atoms with Gasteiger partial charge in [0.15, 0.2) is 0 Å².